The van der Waals surface area contributed by atoms with Crippen LogP contribution in [-0.4, -0.2) is 17.7 Å². The average molecular weight is 425 g/mol. The Bertz CT molecular complexity index is 1110. The predicted octanol–water partition coefficient (Wildman–Crippen LogP) is 4.98. The highest BCUT2D eigenvalue weighted by molar-refractivity contribution is 6.36. The highest BCUT2D eigenvalue weighted by Crippen LogP contribution is 2.29. The molecule has 3 amide bonds. The second kappa shape index (κ2) is 7.70. The van der Waals surface area contributed by atoms with E-state index in [1.165, 1.54) is 0 Å². The van der Waals surface area contributed by atoms with Crippen molar-refractivity contribution >= 4 is 52.3 Å². The van der Waals surface area contributed by atoms with Crippen molar-refractivity contribution in [3.63, 3.8) is 0 Å². The molecule has 144 valence electrons. The van der Waals surface area contributed by atoms with Gasteiger partial charge in [0.15, 0.2) is 0 Å². The fraction of sp³-hybridized carbons (Fsp3) is 0.0455. The molecule has 0 radical (unpaired) electrons. The maximum absolute atomic E-state index is 12.5. The van der Waals surface area contributed by atoms with E-state index >= 15 is 0 Å². The second-order valence-corrected chi connectivity index (χ2v) is 7.35. The van der Waals surface area contributed by atoms with Crippen molar-refractivity contribution in [1.29, 1.82) is 0 Å². The Hall–Kier alpha value is -3.15. The summed E-state index contributed by atoms with van der Waals surface area (Å²) >= 11 is 11.9. The first-order valence-electron chi connectivity index (χ1n) is 8.76. The van der Waals surface area contributed by atoms with E-state index < -0.39 is 0 Å². The lowest BCUT2D eigenvalue weighted by Gasteiger charge is -2.14. The van der Waals surface area contributed by atoms with Crippen LogP contribution in [0.3, 0.4) is 0 Å². The van der Waals surface area contributed by atoms with Crippen LogP contribution in [0.25, 0.3) is 0 Å². The van der Waals surface area contributed by atoms with Crippen molar-refractivity contribution in [1.82, 2.24) is 0 Å². The minimum Gasteiger partial charge on any atom is -0.324 e. The van der Waals surface area contributed by atoms with Crippen LogP contribution in [0.15, 0.2) is 66.7 Å². The molecule has 0 atom stereocenters. The first-order valence-corrected chi connectivity index (χ1v) is 9.51. The summed E-state index contributed by atoms with van der Waals surface area (Å²) < 4.78 is 0. The lowest BCUT2D eigenvalue weighted by atomic mass is 10.1. The van der Waals surface area contributed by atoms with Gasteiger partial charge >= 0.3 is 0 Å². The van der Waals surface area contributed by atoms with E-state index in [4.69, 9.17) is 23.2 Å². The van der Waals surface area contributed by atoms with Crippen molar-refractivity contribution < 1.29 is 14.4 Å². The highest BCUT2D eigenvalue weighted by atomic mass is 35.5. The molecule has 3 aromatic rings. The smallest absolute Gasteiger partial charge is 0.266 e. The molecular weight excluding hydrogens is 411 g/mol. The second-order valence-electron chi connectivity index (χ2n) is 6.51. The predicted molar refractivity (Wildman–Crippen MR) is 113 cm³/mol. The van der Waals surface area contributed by atoms with Crippen LogP contribution in [0.5, 0.6) is 0 Å². The van der Waals surface area contributed by atoms with E-state index in [0.29, 0.717) is 32.5 Å². The third-order valence-electron chi connectivity index (χ3n) is 4.56. The summed E-state index contributed by atoms with van der Waals surface area (Å²) in [6.45, 7) is 0. The molecule has 0 fully saturated rings. The number of nitrogens with one attached hydrogen (secondary N) is 1. The van der Waals surface area contributed by atoms with Gasteiger partial charge < -0.3 is 5.32 Å². The Balaban J connectivity index is 1.47. The molecule has 1 N–H and O–H groups in total. The number of amides is 3. The van der Waals surface area contributed by atoms with E-state index in [1.807, 2.05) is 0 Å². The highest BCUT2D eigenvalue weighted by Gasteiger charge is 2.36. The van der Waals surface area contributed by atoms with Gasteiger partial charge in [0.1, 0.15) is 0 Å². The molecule has 29 heavy (non-hydrogen) atoms. The number of anilines is 2. The number of carbonyl (C=O) groups excluding carboxylic acids is 3. The lowest BCUT2D eigenvalue weighted by Crippen LogP contribution is -2.29. The number of benzene rings is 3. The van der Waals surface area contributed by atoms with Crippen LogP contribution in [0.1, 0.15) is 26.3 Å². The SMILES string of the molecule is O=C(Cc1ccc(N2C(=O)c3ccccc3C2=O)cc1)Nc1ccc(Cl)cc1Cl. The third kappa shape index (κ3) is 3.75. The van der Waals surface area contributed by atoms with Crippen molar-refractivity contribution in [3.8, 4) is 0 Å². The normalized spacial score (nSPS) is 12.8. The molecule has 5 nitrogen and oxygen atoms in total. The number of hydrogen-bond acceptors (Lipinski definition) is 3. The summed E-state index contributed by atoms with van der Waals surface area (Å²) in [6.07, 6.45) is 0.112. The van der Waals surface area contributed by atoms with Crippen molar-refractivity contribution in [2.75, 3.05) is 10.2 Å². The summed E-state index contributed by atoms with van der Waals surface area (Å²) in [4.78, 5) is 38.5. The fourth-order valence-corrected chi connectivity index (χ4v) is 3.61. The zero-order chi connectivity index (χ0) is 20.5. The number of carbonyl (C=O) groups is 3. The average Bonchev–Trinajstić information content (AvgIpc) is 2.96. The zero-order valence-corrected chi connectivity index (χ0v) is 16.5. The summed E-state index contributed by atoms with van der Waals surface area (Å²) in [6, 6.07) is 18.3. The number of imide groups is 1. The van der Waals surface area contributed by atoms with Crippen molar-refractivity contribution in [2.24, 2.45) is 0 Å². The maximum Gasteiger partial charge on any atom is 0.266 e. The van der Waals surface area contributed by atoms with Gasteiger partial charge in [-0.3, -0.25) is 14.4 Å². The molecule has 0 unspecified atom stereocenters. The third-order valence-corrected chi connectivity index (χ3v) is 5.11. The molecule has 4 rings (SSSR count). The van der Waals surface area contributed by atoms with E-state index in [-0.39, 0.29) is 24.1 Å². The maximum atomic E-state index is 12.5. The standard InChI is InChI=1S/C22H14Cl2N2O3/c23-14-7-10-19(18(24)12-14)25-20(27)11-13-5-8-15(9-6-13)26-21(28)16-3-1-2-4-17(16)22(26)29/h1-10,12H,11H2,(H,25,27). The van der Waals surface area contributed by atoms with Gasteiger partial charge in [0.05, 0.1) is 33.9 Å². The van der Waals surface area contributed by atoms with E-state index in [0.717, 1.165) is 10.5 Å². The molecule has 0 aliphatic carbocycles. The quantitative estimate of drug-likeness (QED) is 0.600. The van der Waals surface area contributed by atoms with Crippen LogP contribution in [0.2, 0.25) is 10.0 Å². The Morgan fingerprint density at radius 1 is 0.862 bits per heavy atom. The molecule has 0 spiro atoms. The first-order chi connectivity index (χ1) is 13.9. The van der Waals surface area contributed by atoms with Crippen molar-refractivity contribution in [2.45, 2.75) is 6.42 Å². The molecule has 1 heterocycles. The molecular formula is C22H14Cl2N2O3. The number of fused-ring (bicyclic) bond motifs is 1. The molecule has 0 bridgehead atoms. The summed E-state index contributed by atoms with van der Waals surface area (Å²) in [5.41, 5.74) is 2.44. The topological polar surface area (TPSA) is 66.5 Å². The Labute approximate surface area is 176 Å². The number of rotatable bonds is 4. The molecule has 1 aliphatic rings. The number of hydrogen-bond donors (Lipinski definition) is 1. The Kier molecular flexibility index (Phi) is 5.09. The van der Waals surface area contributed by atoms with Gasteiger partial charge in [0.2, 0.25) is 5.91 Å². The van der Waals surface area contributed by atoms with Gasteiger partial charge in [-0.05, 0) is 48.0 Å². The fourth-order valence-electron chi connectivity index (χ4n) is 3.16. The van der Waals surface area contributed by atoms with Gasteiger partial charge in [0.25, 0.3) is 11.8 Å². The lowest BCUT2D eigenvalue weighted by molar-refractivity contribution is -0.115. The van der Waals surface area contributed by atoms with Gasteiger partial charge in [-0.1, -0.05) is 47.5 Å². The molecule has 1 aliphatic heterocycles. The van der Waals surface area contributed by atoms with Gasteiger partial charge in [-0.15, -0.1) is 0 Å². The molecule has 3 aromatic carbocycles. The van der Waals surface area contributed by atoms with Crippen LogP contribution in [-0.2, 0) is 11.2 Å². The first kappa shape index (κ1) is 19.2. The monoisotopic (exact) mass is 424 g/mol. The largest absolute Gasteiger partial charge is 0.324 e. The molecule has 0 saturated heterocycles. The number of halogens is 2. The molecule has 0 aromatic heterocycles. The van der Waals surface area contributed by atoms with E-state index in [1.54, 1.807) is 66.7 Å². The van der Waals surface area contributed by atoms with Crippen LogP contribution in [0.4, 0.5) is 11.4 Å². The Morgan fingerprint density at radius 3 is 2.07 bits per heavy atom. The van der Waals surface area contributed by atoms with Crippen LogP contribution in [0, 0.1) is 0 Å². The minimum atomic E-state index is -0.353. The molecule has 7 heteroatoms. The van der Waals surface area contributed by atoms with Crippen LogP contribution >= 0.6 is 23.2 Å². The summed E-state index contributed by atoms with van der Waals surface area (Å²) in [5.74, 6) is -0.954. The summed E-state index contributed by atoms with van der Waals surface area (Å²) in [7, 11) is 0. The van der Waals surface area contributed by atoms with E-state index in [9.17, 15) is 14.4 Å². The van der Waals surface area contributed by atoms with E-state index in [2.05, 4.69) is 5.32 Å². The van der Waals surface area contributed by atoms with Gasteiger partial charge in [-0.25, -0.2) is 4.90 Å². The van der Waals surface area contributed by atoms with Crippen LogP contribution < -0.4 is 10.2 Å². The van der Waals surface area contributed by atoms with Gasteiger partial charge in [0, 0.05) is 5.02 Å². The zero-order valence-electron chi connectivity index (χ0n) is 15.0. The summed E-state index contributed by atoms with van der Waals surface area (Å²) in [5, 5.41) is 3.57. The minimum absolute atomic E-state index is 0.112. The van der Waals surface area contributed by atoms with Crippen molar-refractivity contribution in [3.05, 3.63) is 93.5 Å². The number of nitrogens with zero attached hydrogens (tertiary/aromatic N) is 1. The Morgan fingerprint density at radius 2 is 1.48 bits per heavy atom. The van der Waals surface area contributed by atoms with Gasteiger partial charge in [-0.2, -0.15) is 0 Å². The molecule has 0 saturated carbocycles.